The van der Waals surface area contributed by atoms with E-state index in [2.05, 4.69) is 5.10 Å². The first-order valence-electron chi connectivity index (χ1n) is 7.84. The van der Waals surface area contributed by atoms with Crippen LogP contribution in [-0.4, -0.2) is 38.9 Å². The van der Waals surface area contributed by atoms with Gasteiger partial charge < -0.3 is 5.73 Å². The minimum absolute atomic E-state index is 0.195. The van der Waals surface area contributed by atoms with Crippen LogP contribution in [0.25, 0.3) is 0 Å². The third-order valence-electron chi connectivity index (χ3n) is 4.02. The van der Waals surface area contributed by atoms with Gasteiger partial charge in [0, 0.05) is 25.2 Å². The van der Waals surface area contributed by atoms with Gasteiger partial charge in [0.25, 0.3) is 17.7 Å². The summed E-state index contributed by atoms with van der Waals surface area (Å²) < 4.78 is 1.71. The lowest BCUT2D eigenvalue weighted by atomic mass is 10.1. The molecule has 3 amide bonds. The number of aryl methyl sites for hydroxylation is 1. The Balaban J connectivity index is 1.78. The molecule has 124 valence electrons. The molecule has 1 aromatic heterocycles. The number of aromatic nitrogens is 2. The molecule has 0 bridgehead atoms. The standard InChI is InChI=1S/C17H18N4O3/c1-2-8-21-11(10-14(19-21)15(18)22)7-9-20-16(23)12-5-3-4-6-13(12)17(20)24/h3-6,10H,2,7-9H2,1H3,(H2,18,22). The normalized spacial score (nSPS) is 13.5. The van der Waals surface area contributed by atoms with E-state index in [-0.39, 0.29) is 24.1 Å². The molecule has 0 atom stereocenters. The first kappa shape index (κ1) is 15.9. The summed E-state index contributed by atoms with van der Waals surface area (Å²) in [5.74, 6) is -1.16. The Bertz CT molecular complexity index is 790. The van der Waals surface area contributed by atoms with E-state index < -0.39 is 5.91 Å². The van der Waals surface area contributed by atoms with Crippen molar-refractivity contribution in [2.45, 2.75) is 26.3 Å². The molecule has 0 saturated carbocycles. The molecule has 0 radical (unpaired) electrons. The molecule has 0 spiro atoms. The van der Waals surface area contributed by atoms with Crippen LogP contribution < -0.4 is 5.73 Å². The number of rotatable bonds is 6. The number of nitrogens with zero attached hydrogens (tertiary/aromatic N) is 3. The number of nitrogens with two attached hydrogens (primary N) is 1. The summed E-state index contributed by atoms with van der Waals surface area (Å²) in [4.78, 5) is 37.3. The largest absolute Gasteiger partial charge is 0.364 e. The lowest BCUT2D eigenvalue weighted by molar-refractivity contribution is 0.0655. The Hall–Kier alpha value is -2.96. The number of amides is 3. The number of carbonyl (C=O) groups excluding carboxylic acids is 3. The molecule has 2 heterocycles. The predicted octanol–water partition coefficient (Wildman–Crippen LogP) is 1.23. The van der Waals surface area contributed by atoms with Gasteiger partial charge in [-0.25, -0.2) is 0 Å². The van der Waals surface area contributed by atoms with Crippen molar-refractivity contribution in [3.63, 3.8) is 0 Å². The maximum absolute atomic E-state index is 12.4. The van der Waals surface area contributed by atoms with Crippen LogP contribution in [0.5, 0.6) is 0 Å². The molecule has 2 aromatic rings. The predicted molar refractivity (Wildman–Crippen MR) is 86.5 cm³/mol. The van der Waals surface area contributed by atoms with Crippen LogP contribution in [0.15, 0.2) is 30.3 Å². The second kappa shape index (κ2) is 6.27. The first-order valence-corrected chi connectivity index (χ1v) is 7.84. The van der Waals surface area contributed by atoms with Gasteiger partial charge in [-0.15, -0.1) is 0 Å². The first-order chi connectivity index (χ1) is 11.5. The van der Waals surface area contributed by atoms with Crippen molar-refractivity contribution >= 4 is 17.7 Å². The van der Waals surface area contributed by atoms with Crippen LogP contribution in [0, 0.1) is 0 Å². The Kier molecular flexibility index (Phi) is 4.16. The molecule has 1 aromatic carbocycles. The summed E-state index contributed by atoms with van der Waals surface area (Å²) in [6.07, 6.45) is 1.27. The minimum Gasteiger partial charge on any atom is -0.364 e. The Morgan fingerprint density at radius 1 is 1.12 bits per heavy atom. The fourth-order valence-corrected chi connectivity index (χ4v) is 2.85. The molecule has 2 N–H and O–H groups in total. The maximum Gasteiger partial charge on any atom is 0.269 e. The van der Waals surface area contributed by atoms with Crippen molar-refractivity contribution < 1.29 is 14.4 Å². The highest BCUT2D eigenvalue weighted by Gasteiger charge is 2.34. The van der Waals surface area contributed by atoms with Gasteiger partial charge in [0.15, 0.2) is 0 Å². The SMILES string of the molecule is CCCn1nc(C(N)=O)cc1CCN1C(=O)c2ccccc2C1=O. The van der Waals surface area contributed by atoms with E-state index >= 15 is 0 Å². The number of hydrogen-bond donors (Lipinski definition) is 1. The van der Waals surface area contributed by atoms with Gasteiger partial charge >= 0.3 is 0 Å². The van der Waals surface area contributed by atoms with E-state index in [0.29, 0.717) is 24.1 Å². The average Bonchev–Trinajstić information content (AvgIpc) is 3.07. The third-order valence-corrected chi connectivity index (χ3v) is 4.02. The highest BCUT2D eigenvalue weighted by atomic mass is 16.2. The molecule has 0 aliphatic carbocycles. The molecule has 3 rings (SSSR count). The fraction of sp³-hybridized carbons (Fsp3) is 0.294. The van der Waals surface area contributed by atoms with Gasteiger partial charge in [-0.1, -0.05) is 19.1 Å². The zero-order chi connectivity index (χ0) is 17.3. The summed E-state index contributed by atoms with van der Waals surface area (Å²) >= 11 is 0. The van der Waals surface area contributed by atoms with E-state index in [1.54, 1.807) is 35.0 Å². The van der Waals surface area contributed by atoms with E-state index in [1.165, 1.54) is 4.90 Å². The molecule has 0 saturated heterocycles. The Morgan fingerprint density at radius 3 is 2.29 bits per heavy atom. The average molecular weight is 326 g/mol. The van der Waals surface area contributed by atoms with E-state index in [0.717, 1.165) is 12.1 Å². The van der Waals surface area contributed by atoms with Crippen molar-refractivity contribution in [1.29, 1.82) is 0 Å². The fourth-order valence-electron chi connectivity index (χ4n) is 2.85. The number of primary amides is 1. The zero-order valence-corrected chi connectivity index (χ0v) is 13.4. The van der Waals surface area contributed by atoms with Gasteiger partial charge in [0.05, 0.1) is 11.1 Å². The second-order valence-electron chi connectivity index (χ2n) is 5.67. The zero-order valence-electron chi connectivity index (χ0n) is 13.4. The summed E-state index contributed by atoms with van der Waals surface area (Å²) in [5.41, 5.74) is 7.12. The summed E-state index contributed by atoms with van der Waals surface area (Å²) in [5, 5.41) is 4.18. The molecule has 7 nitrogen and oxygen atoms in total. The molecular formula is C17H18N4O3. The summed E-state index contributed by atoms with van der Waals surface area (Å²) in [6.45, 7) is 2.88. The van der Waals surface area contributed by atoms with Gasteiger partial charge in [-0.05, 0) is 24.6 Å². The number of carbonyl (C=O) groups is 3. The van der Waals surface area contributed by atoms with E-state index in [4.69, 9.17) is 5.73 Å². The van der Waals surface area contributed by atoms with Crippen LogP contribution in [0.1, 0.15) is 50.2 Å². The third kappa shape index (κ3) is 2.68. The van der Waals surface area contributed by atoms with E-state index in [9.17, 15) is 14.4 Å². The van der Waals surface area contributed by atoms with Crippen LogP contribution in [0.4, 0.5) is 0 Å². The highest BCUT2D eigenvalue weighted by molar-refractivity contribution is 6.21. The molecule has 0 fully saturated rings. The molecule has 7 heteroatoms. The van der Waals surface area contributed by atoms with Crippen LogP contribution in [0.2, 0.25) is 0 Å². The number of hydrogen-bond acceptors (Lipinski definition) is 4. The number of benzene rings is 1. The monoisotopic (exact) mass is 326 g/mol. The second-order valence-corrected chi connectivity index (χ2v) is 5.67. The van der Waals surface area contributed by atoms with E-state index in [1.807, 2.05) is 6.92 Å². The van der Waals surface area contributed by atoms with Gasteiger partial charge in [0.2, 0.25) is 0 Å². The van der Waals surface area contributed by atoms with Crippen LogP contribution in [0.3, 0.4) is 0 Å². The lowest BCUT2D eigenvalue weighted by Gasteiger charge is -2.14. The summed E-state index contributed by atoms with van der Waals surface area (Å²) in [6, 6.07) is 8.41. The Labute approximate surface area is 139 Å². The summed E-state index contributed by atoms with van der Waals surface area (Å²) in [7, 11) is 0. The molecule has 0 unspecified atom stereocenters. The topological polar surface area (TPSA) is 98.3 Å². The molecule has 24 heavy (non-hydrogen) atoms. The van der Waals surface area contributed by atoms with Crippen molar-refractivity contribution in [1.82, 2.24) is 14.7 Å². The van der Waals surface area contributed by atoms with Crippen molar-refractivity contribution in [2.24, 2.45) is 5.73 Å². The number of imide groups is 1. The quantitative estimate of drug-likeness (QED) is 0.807. The molecule has 1 aliphatic rings. The van der Waals surface area contributed by atoms with Crippen molar-refractivity contribution in [3.05, 3.63) is 52.8 Å². The molecule has 1 aliphatic heterocycles. The molecular weight excluding hydrogens is 308 g/mol. The Morgan fingerprint density at radius 2 is 1.75 bits per heavy atom. The van der Waals surface area contributed by atoms with Crippen LogP contribution >= 0.6 is 0 Å². The smallest absolute Gasteiger partial charge is 0.269 e. The highest BCUT2D eigenvalue weighted by Crippen LogP contribution is 2.22. The van der Waals surface area contributed by atoms with Crippen molar-refractivity contribution in [2.75, 3.05) is 6.54 Å². The van der Waals surface area contributed by atoms with Gasteiger partial charge in [-0.3, -0.25) is 24.0 Å². The minimum atomic E-state index is -0.591. The van der Waals surface area contributed by atoms with Gasteiger partial charge in [-0.2, -0.15) is 5.10 Å². The van der Waals surface area contributed by atoms with Crippen molar-refractivity contribution in [3.8, 4) is 0 Å². The number of fused-ring (bicyclic) bond motifs is 1. The lowest BCUT2D eigenvalue weighted by Crippen LogP contribution is -2.32. The maximum atomic E-state index is 12.4. The van der Waals surface area contributed by atoms with Gasteiger partial charge in [0.1, 0.15) is 5.69 Å². The van der Waals surface area contributed by atoms with Crippen LogP contribution in [-0.2, 0) is 13.0 Å².